The Morgan fingerprint density at radius 2 is 1.45 bits per heavy atom. The van der Waals surface area contributed by atoms with Crippen molar-refractivity contribution in [2.45, 2.75) is 18.9 Å². The Labute approximate surface area is 133 Å². The van der Waals surface area contributed by atoms with Crippen LogP contribution in [0.3, 0.4) is 0 Å². The SMILES string of the molecule is c1ccc(-c2ccc([C@@H](C3CC3)N3CCNCC3)cc2)cc1. The Balaban J connectivity index is 1.58. The lowest BCUT2D eigenvalue weighted by Gasteiger charge is -2.35. The van der Waals surface area contributed by atoms with Gasteiger partial charge in [-0.2, -0.15) is 0 Å². The van der Waals surface area contributed by atoms with Crippen LogP contribution in [-0.2, 0) is 0 Å². The number of benzene rings is 2. The first kappa shape index (κ1) is 14.0. The second kappa shape index (κ2) is 6.23. The van der Waals surface area contributed by atoms with Gasteiger partial charge in [0.25, 0.3) is 0 Å². The van der Waals surface area contributed by atoms with E-state index >= 15 is 0 Å². The Hall–Kier alpha value is -1.64. The van der Waals surface area contributed by atoms with Crippen LogP contribution in [0.1, 0.15) is 24.4 Å². The van der Waals surface area contributed by atoms with Crippen LogP contribution in [-0.4, -0.2) is 31.1 Å². The third kappa shape index (κ3) is 2.94. The average molecular weight is 292 g/mol. The monoisotopic (exact) mass is 292 g/mol. The van der Waals surface area contributed by atoms with E-state index in [-0.39, 0.29) is 0 Å². The molecule has 1 saturated heterocycles. The lowest BCUT2D eigenvalue weighted by atomic mass is 9.96. The van der Waals surface area contributed by atoms with Gasteiger partial charge in [0.1, 0.15) is 0 Å². The van der Waals surface area contributed by atoms with E-state index in [0.717, 1.165) is 19.0 Å². The van der Waals surface area contributed by atoms with Crippen LogP contribution in [0, 0.1) is 5.92 Å². The van der Waals surface area contributed by atoms with Gasteiger partial charge < -0.3 is 5.32 Å². The number of hydrogen-bond donors (Lipinski definition) is 1. The topological polar surface area (TPSA) is 15.3 Å². The van der Waals surface area contributed by atoms with Gasteiger partial charge in [-0.3, -0.25) is 4.90 Å². The fraction of sp³-hybridized carbons (Fsp3) is 0.400. The molecule has 2 heteroatoms. The van der Waals surface area contributed by atoms with Crippen molar-refractivity contribution in [2.75, 3.05) is 26.2 Å². The highest BCUT2D eigenvalue weighted by molar-refractivity contribution is 5.63. The van der Waals surface area contributed by atoms with Gasteiger partial charge in [-0.15, -0.1) is 0 Å². The molecule has 0 spiro atoms. The molecule has 0 radical (unpaired) electrons. The molecule has 1 N–H and O–H groups in total. The lowest BCUT2D eigenvalue weighted by Crippen LogP contribution is -2.45. The molecule has 0 bridgehead atoms. The predicted octanol–water partition coefficient (Wildman–Crippen LogP) is 3.71. The zero-order chi connectivity index (χ0) is 14.8. The van der Waals surface area contributed by atoms with Crippen molar-refractivity contribution in [3.8, 4) is 11.1 Å². The van der Waals surface area contributed by atoms with Crippen LogP contribution in [0.15, 0.2) is 54.6 Å². The van der Waals surface area contributed by atoms with Crippen molar-refractivity contribution in [1.82, 2.24) is 10.2 Å². The summed E-state index contributed by atoms with van der Waals surface area (Å²) in [7, 11) is 0. The van der Waals surface area contributed by atoms with Crippen LogP contribution >= 0.6 is 0 Å². The normalized spacial score (nSPS) is 20.7. The minimum atomic E-state index is 0.631. The fourth-order valence-electron chi connectivity index (χ4n) is 3.66. The molecule has 0 amide bonds. The van der Waals surface area contributed by atoms with Gasteiger partial charge in [0.15, 0.2) is 0 Å². The van der Waals surface area contributed by atoms with E-state index in [1.165, 1.54) is 42.6 Å². The summed E-state index contributed by atoms with van der Waals surface area (Å²) in [4.78, 5) is 2.69. The molecule has 114 valence electrons. The van der Waals surface area contributed by atoms with Gasteiger partial charge in [-0.25, -0.2) is 0 Å². The molecule has 4 rings (SSSR count). The molecule has 1 heterocycles. The van der Waals surface area contributed by atoms with E-state index in [9.17, 15) is 0 Å². The third-order valence-electron chi connectivity index (χ3n) is 4.97. The average Bonchev–Trinajstić information content (AvgIpc) is 3.43. The van der Waals surface area contributed by atoms with Crippen molar-refractivity contribution >= 4 is 0 Å². The number of hydrogen-bond acceptors (Lipinski definition) is 2. The molecule has 0 unspecified atom stereocenters. The van der Waals surface area contributed by atoms with Gasteiger partial charge >= 0.3 is 0 Å². The predicted molar refractivity (Wildman–Crippen MR) is 91.8 cm³/mol. The molecule has 1 saturated carbocycles. The molecular weight excluding hydrogens is 268 g/mol. The molecule has 2 fully saturated rings. The Bertz CT molecular complexity index is 595. The van der Waals surface area contributed by atoms with Crippen molar-refractivity contribution in [1.29, 1.82) is 0 Å². The van der Waals surface area contributed by atoms with E-state index in [1.807, 2.05) is 0 Å². The highest BCUT2D eigenvalue weighted by Gasteiger charge is 2.36. The highest BCUT2D eigenvalue weighted by atomic mass is 15.2. The Morgan fingerprint density at radius 3 is 2.09 bits per heavy atom. The largest absolute Gasteiger partial charge is 0.314 e. The van der Waals surface area contributed by atoms with E-state index < -0.39 is 0 Å². The van der Waals surface area contributed by atoms with Crippen LogP contribution < -0.4 is 5.32 Å². The summed E-state index contributed by atoms with van der Waals surface area (Å²) in [6.07, 6.45) is 2.80. The van der Waals surface area contributed by atoms with Crippen molar-refractivity contribution in [3.05, 3.63) is 60.2 Å². The molecule has 22 heavy (non-hydrogen) atoms. The van der Waals surface area contributed by atoms with E-state index in [4.69, 9.17) is 0 Å². The molecule has 2 aliphatic rings. The number of nitrogens with zero attached hydrogens (tertiary/aromatic N) is 1. The van der Waals surface area contributed by atoms with Gasteiger partial charge in [-0.1, -0.05) is 54.6 Å². The van der Waals surface area contributed by atoms with Crippen molar-refractivity contribution in [3.63, 3.8) is 0 Å². The zero-order valence-electron chi connectivity index (χ0n) is 13.0. The first-order valence-electron chi connectivity index (χ1n) is 8.52. The number of piperazine rings is 1. The molecular formula is C20H24N2. The highest BCUT2D eigenvalue weighted by Crippen LogP contribution is 2.44. The van der Waals surface area contributed by atoms with Gasteiger partial charge in [0.2, 0.25) is 0 Å². The van der Waals surface area contributed by atoms with Crippen LogP contribution in [0.4, 0.5) is 0 Å². The van der Waals surface area contributed by atoms with Crippen LogP contribution in [0.5, 0.6) is 0 Å². The summed E-state index contributed by atoms with van der Waals surface area (Å²) in [6, 6.07) is 20.6. The molecule has 2 aromatic carbocycles. The van der Waals surface area contributed by atoms with Gasteiger partial charge in [0, 0.05) is 32.2 Å². The molecule has 1 aliphatic heterocycles. The van der Waals surface area contributed by atoms with Crippen LogP contribution in [0.2, 0.25) is 0 Å². The second-order valence-corrected chi connectivity index (χ2v) is 6.56. The standard InChI is InChI=1S/C20H24N2/c1-2-4-16(5-3-1)17-6-8-18(9-7-17)20(19-10-11-19)22-14-12-21-13-15-22/h1-9,19-21H,10-15H2/t20-/m0/s1. The Kier molecular flexibility index (Phi) is 3.96. The fourth-order valence-corrected chi connectivity index (χ4v) is 3.66. The van der Waals surface area contributed by atoms with Gasteiger partial charge in [0.05, 0.1) is 0 Å². The molecule has 2 nitrogen and oxygen atoms in total. The smallest absolute Gasteiger partial charge is 0.0377 e. The van der Waals surface area contributed by atoms with E-state index in [0.29, 0.717) is 6.04 Å². The summed E-state index contributed by atoms with van der Waals surface area (Å²) in [5.74, 6) is 0.876. The summed E-state index contributed by atoms with van der Waals surface area (Å²) in [6.45, 7) is 4.62. The zero-order valence-corrected chi connectivity index (χ0v) is 13.0. The minimum absolute atomic E-state index is 0.631. The van der Waals surface area contributed by atoms with Crippen molar-refractivity contribution in [2.24, 2.45) is 5.92 Å². The minimum Gasteiger partial charge on any atom is -0.314 e. The quantitative estimate of drug-likeness (QED) is 0.924. The summed E-state index contributed by atoms with van der Waals surface area (Å²) >= 11 is 0. The Morgan fingerprint density at radius 1 is 0.818 bits per heavy atom. The maximum absolute atomic E-state index is 3.47. The second-order valence-electron chi connectivity index (χ2n) is 6.56. The van der Waals surface area contributed by atoms with Gasteiger partial charge in [-0.05, 0) is 35.4 Å². The number of nitrogens with one attached hydrogen (secondary N) is 1. The van der Waals surface area contributed by atoms with Crippen molar-refractivity contribution < 1.29 is 0 Å². The summed E-state index contributed by atoms with van der Waals surface area (Å²) in [5, 5.41) is 3.47. The number of rotatable bonds is 4. The lowest BCUT2D eigenvalue weighted by molar-refractivity contribution is 0.156. The third-order valence-corrected chi connectivity index (χ3v) is 4.97. The van der Waals surface area contributed by atoms with E-state index in [1.54, 1.807) is 0 Å². The maximum Gasteiger partial charge on any atom is 0.0377 e. The van der Waals surface area contributed by atoms with E-state index in [2.05, 4.69) is 64.8 Å². The summed E-state index contributed by atoms with van der Waals surface area (Å²) in [5.41, 5.74) is 4.13. The first-order chi connectivity index (χ1) is 10.9. The molecule has 2 aromatic rings. The molecule has 1 atom stereocenters. The summed E-state index contributed by atoms with van der Waals surface area (Å²) < 4.78 is 0. The maximum atomic E-state index is 3.47. The first-order valence-corrected chi connectivity index (χ1v) is 8.52. The van der Waals surface area contributed by atoms with Crippen LogP contribution in [0.25, 0.3) is 11.1 Å². The molecule has 1 aliphatic carbocycles. The molecule has 0 aromatic heterocycles.